The van der Waals surface area contributed by atoms with Gasteiger partial charge < -0.3 is 10.5 Å². The highest BCUT2D eigenvalue weighted by molar-refractivity contribution is 5.53. The van der Waals surface area contributed by atoms with E-state index >= 15 is 0 Å². The van der Waals surface area contributed by atoms with Crippen LogP contribution in [0.15, 0.2) is 31.0 Å². The number of fused-ring (bicyclic) bond motifs is 1. The summed E-state index contributed by atoms with van der Waals surface area (Å²) in [6.07, 6.45) is 8.46. The number of nitrogens with zero attached hydrogens (tertiary/aromatic N) is 5. The zero-order chi connectivity index (χ0) is 11.8. The third-order valence-corrected chi connectivity index (χ3v) is 2.26. The highest BCUT2D eigenvalue weighted by Gasteiger charge is 2.09. The Kier molecular flexibility index (Phi) is 1.97. The van der Waals surface area contributed by atoms with Crippen molar-refractivity contribution in [3.8, 4) is 11.6 Å². The molecule has 0 saturated heterocycles. The number of hydrogen-bond donors (Lipinski definition) is 1. The molecule has 3 aromatic rings. The molecule has 0 fully saturated rings. The van der Waals surface area contributed by atoms with Crippen molar-refractivity contribution in [1.29, 1.82) is 0 Å². The first-order chi connectivity index (χ1) is 8.22. The quantitative estimate of drug-likeness (QED) is 0.705. The lowest BCUT2D eigenvalue weighted by Gasteiger charge is -2.04. The number of nitrogens with two attached hydrogens (primary N) is 1. The van der Waals surface area contributed by atoms with Crippen LogP contribution in [0.2, 0.25) is 0 Å². The van der Waals surface area contributed by atoms with E-state index in [1.165, 1.54) is 0 Å². The van der Waals surface area contributed by atoms with Crippen molar-refractivity contribution < 1.29 is 4.74 Å². The SMILES string of the molecule is Cn1cc(Oc2nc(N)cn3ccnc23)cn1. The van der Waals surface area contributed by atoms with E-state index in [4.69, 9.17) is 10.5 Å². The van der Waals surface area contributed by atoms with Crippen LogP contribution in [0.1, 0.15) is 0 Å². The number of nitrogen functional groups attached to an aromatic ring is 1. The van der Waals surface area contributed by atoms with Gasteiger partial charge in [-0.1, -0.05) is 0 Å². The average molecular weight is 230 g/mol. The largest absolute Gasteiger partial charge is 0.432 e. The minimum atomic E-state index is 0.364. The summed E-state index contributed by atoms with van der Waals surface area (Å²) in [5, 5.41) is 4.01. The predicted molar refractivity (Wildman–Crippen MR) is 60.7 cm³/mol. The Morgan fingerprint density at radius 2 is 2.24 bits per heavy atom. The van der Waals surface area contributed by atoms with Crippen molar-refractivity contribution in [3.63, 3.8) is 0 Å². The van der Waals surface area contributed by atoms with E-state index in [0.29, 0.717) is 23.1 Å². The molecule has 17 heavy (non-hydrogen) atoms. The van der Waals surface area contributed by atoms with Gasteiger partial charge in [0, 0.05) is 19.4 Å². The zero-order valence-electron chi connectivity index (χ0n) is 9.11. The van der Waals surface area contributed by atoms with Crippen molar-refractivity contribution >= 4 is 11.5 Å². The van der Waals surface area contributed by atoms with Crippen LogP contribution in [0.5, 0.6) is 11.6 Å². The molecule has 0 radical (unpaired) electrons. The third-order valence-electron chi connectivity index (χ3n) is 2.26. The fourth-order valence-corrected chi connectivity index (χ4v) is 1.55. The van der Waals surface area contributed by atoms with E-state index in [1.807, 2.05) is 7.05 Å². The Hall–Kier alpha value is -2.57. The maximum absolute atomic E-state index is 5.68. The van der Waals surface area contributed by atoms with Crippen LogP contribution in [0.25, 0.3) is 5.65 Å². The topological polar surface area (TPSA) is 83.3 Å². The van der Waals surface area contributed by atoms with E-state index in [2.05, 4.69) is 15.1 Å². The number of hydrogen-bond acceptors (Lipinski definition) is 5. The second-order valence-corrected chi connectivity index (χ2v) is 3.58. The number of rotatable bonds is 2. The van der Waals surface area contributed by atoms with Crippen LogP contribution in [-0.2, 0) is 7.05 Å². The molecule has 0 aliphatic rings. The summed E-state index contributed by atoms with van der Waals surface area (Å²) in [6, 6.07) is 0. The van der Waals surface area contributed by atoms with Gasteiger partial charge in [-0.25, -0.2) is 4.98 Å². The van der Waals surface area contributed by atoms with Crippen molar-refractivity contribution in [2.24, 2.45) is 7.05 Å². The van der Waals surface area contributed by atoms with Gasteiger partial charge in [0.2, 0.25) is 5.65 Å². The molecule has 0 atom stereocenters. The van der Waals surface area contributed by atoms with Crippen LogP contribution in [0.3, 0.4) is 0 Å². The van der Waals surface area contributed by atoms with E-state index in [-0.39, 0.29) is 0 Å². The second kappa shape index (κ2) is 3.48. The first-order valence-electron chi connectivity index (χ1n) is 4.98. The molecule has 0 amide bonds. The molecule has 7 nitrogen and oxygen atoms in total. The molecule has 0 aromatic carbocycles. The lowest BCUT2D eigenvalue weighted by atomic mass is 10.6. The average Bonchev–Trinajstić information content (AvgIpc) is 2.87. The van der Waals surface area contributed by atoms with Gasteiger partial charge in [0.25, 0.3) is 5.88 Å². The Morgan fingerprint density at radius 3 is 3.00 bits per heavy atom. The summed E-state index contributed by atoms with van der Waals surface area (Å²) in [4.78, 5) is 8.27. The van der Waals surface area contributed by atoms with Crippen molar-refractivity contribution in [2.45, 2.75) is 0 Å². The fraction of sp³-hybridized carbons (Fsp3) is 0.100. The third kappa shape index (κ3) is 1.67. The lowest BCUT2D eigenvalue weighted by molar-refractivity contribution is 0.465. The lowest BCUT2D eigenvalue weighted by Crippen LogP contribution is -1.98. The van der Waals surface area contributed by atoms with Gasteiger partial charge in [-0.15, -0.1) is 0 Å². The van der Waals surface area contributed by atoms with Gasteiger partial charge in [-0.05, 0) is 0 Å². The van der Waals surface area contributed by atoms with Crippen molar-refractivity contribution in [3.05, 3.63) is 31.0 Å². The summed E-state index contributed by atoms with van der Waals surface area (Å²) in [6.45, 7) is 0. The Morgan fingerprint density at radius 1 is 1.35 bits per heavy atom. The van der Waals surface area contributed by atoms with Gasteiger partial charge in [0.05, 0.1) is 18.6 Å². The Labute approximate surface area is 96.5 Å². The number of aryl methyl sites for hydroxylation is 1. The molecule has 0 aliphatic carbocycles. The zero-order valence-corrected chi connectivity index (χ0v) is 9.11. The monoisotopic (exact) mass is 230 g/mol. The summed E-state index contributed by atoms with van der Waals surface area (Å²) in [5.41, 5.74) is 6.30. The Balaban J connectivity index is 2.07. The van der Waals surface area contributed by atoms with Crippen LogP contribution in [0.4, 0.5) is 5.82 Å². The van der Waals surface area contributed by atoms with E-state index in [9.17, 15) is 0 Å². The maximum atomic E-state index is 5.68. The molecule has 2 N–H and O–H groups in total. The number of anilines is 1. The minimum absolute atomic E-state index is 0.364. The van der Waals surface area contributed by atoms with E-state index in [0.717, 1.165) is 0 Å². The number of imidazole rings is 1. The van der Waals surface area contributed by atoms with Gasteiger partial charge in [-0.3, -0.25) is 9.08 Å². The molecule has 0 spiro atoms. The molecule has 7 heteroatoms. The highest BCUT2D eigenvalue weighted by Crippen LogP contribution is 2.23. The molecule has 0 bridgehead atoms. The molecular formula is C10H10N6O. The molecular weight excluding hydrogens is 220 g/mol. The summed E-state index contributed by atoms with van der Waals surface area (Å²) >= 11 is 0. The van der Waals surface area contributed by atoms with E-state index in [1.54, 1.807) is 40.1 Å². The fourth-order valence-electron chi connectivity index (χ4n) is 1.55. The maximum Gasteiger partial charge on any atom is 0.265 e. The minimum Gasteiger partial charge on any atom is -0.432 e. The second-order valence-electron chi connectivity index (χ2n) is 3.58. The summed E-state index contributed by atoms with van der Waals surface area (Å²) in [7, 11) is 1.81. The summed E-state index contributed by atoms with van der Waals surface area (Å²) < 4.78 is 9.00. The summed E-state index contributed by atoms with van der Waals surface area (Å²) in [5.74, 6) is 1.33. The molecule has 0 aliphatic heterocycles. The van der Waals surface area contributed by atoms with Crippen molar-refractivity contribution in [1.82, 2.24) is 24.1 Å². The highest BCUT2D eigenvalue weighted by atomic mass is 16.5. The smallest absolute Gasteiger partial charge is 0.265 e. The van der Waals surface area contributed by atoms with Crippen LogP contribution < -0.4 is 10.5 Å². The molecule has 0 unspecified atom stereocenters. The number of aromatic nitrogens is 5. The Bertz CT molecular complexity index is 670. The first-order valence-corrected chi connectivity index (χ1v) is 4.98. The van der Waals surface area contributed by atoms with Gasteiger partial charge in [-0.2, -0.15) is 10.1 Å². The van der Waals surface area contributed by atoms with Crippen LogP contribution in [-0.4, -0.2) is 24.1 Å². The molecule has 3 heterocycles. The molecule has 0 saturated carbocycles. The molecule has 3 aromatic heterocycles. The van der Waals surface area contributed by atoms with Gasteiger partial charge in [0.15, 0.2) is 5.75 Å². The molecule has 86 valence electrons. The van der Waals surface area contributed by atoms with Crippen molar-refractivity contribution in [2.75, 3.05) is 5.73 Å². The van der Waals surface area contributed by atoms with Gasteiger partial charge >= 0.3 is 0 Å². The van der Waals surface area contributed by atoms with Crippen LogP contribution >= 0.6 is 0 Å². The first kappa shape index (κ1) is 9.64. The normalized spacial score (nSPS) is 10.9. The predicted octanol–water partition coefficient (Wildman–Crippen LogP) is 0.837. The van der Waals surface area contributed by atoms with E-state index < -0.39 is 0 Å². The standard InChI is InChI=1S/C10H10N6O/c1-15-5-7(4-13-15)17-10-9-12-2-3-16(9)6-8(11)14-10/h2-6H,11H2,1H3. The number of ether oxygens (including phenoxy) is 1. The molecule has 3 rings (SSSR count). The van der Waals surface area contributed by atoms with Gasteiger partial charge in [0.1, 0.15) is 5.82 Å². The van der Waals surface area contributed by atoms with Crippen LogP contribution in [0, 0.1) is 0 Å².